The second-order valence-corrected chi connectivity index (χ2v) is 8.81. The normalized spacial score (nSPS) is 15.9. The number of likely N-dealkylation sites (tertiary alicyclic amines) is 1. The van der Waals surface area contributed by atoms with Crippen molar-refractivity contribution in [2.24, 2.45) is 5.92 Å². The average molecular weight is 470 g/mol. The van der Waals surface area contributed by atoms with Gasteiger partial charge in [-0.15, -0.1) is 0 Å². The highest BCUT2D eigenvalue weighted by molar-refractivity contribution is 5.98. The maximum absolute atomic E-state index is 13.5. The minimum Gasteiger partial charge on any atom is -0.341 e. The Kier molecular flexibility index (Phi) is 6.59. The Balaban J connectivity index is 1.51. The van der Waals surface area contributed by atoms with Crippen molar-refractivity contribution in [2.45, 2.75) is 38.9 Å². The number of halogens is 3. The fourth-order valence-corrected chi connectivity index (χ4v) is 4.37. The van der Waals surface area contributed by atoms with E-state index in [1.54, 1.807) is 22.6 Å². The molecule has 3 aromatic rings. The summed E-state index contributed by atoms with van der Waals surface area (Å²) in [6.45, 7) is 4.57. The van der Waals surface area contributed by atoms with Crippen LogP contribution < -0.4 is 0 Å². The predicted molar refractivity (Wildman–Crippen MR) is 121 cm³/mol. The van der Waals surface area contributed by atoms with Crippen molar-refractivity contribution in [1.29, 1.82) is 0 Å². The van der Waals surface area contributed by atoms with Crippen LogP contribution in [0.3, 0.4) is 0 Å². The molecule has 0 saturated carbocycles. The van der Waals surface area contributed by atoms with E-state index in [-0.39, 0.29) is 17.6 Å². The number of carbonyl (C=O) groups excluding carboxylic acids is 2. The number of imidazole rings is 1. The standard InChI is InChI=1S/C26H26F3N3O2/c1-17-3-5-20(6-4-17)24(33)21-11-13-31(14-12-21)25(34)23(32-15-18(2)30-16-32)19-7-9-22(10-8-19)26(27,28)29/h3-10,15-16,21,23H,11-14H2,1-2H3. The maximum Gasteiger partial charge on any atom is 0.416 e. The first-order chi connectivity index (χ1) is 16.1. The van der Waals surface area contributed by atoms with Crippen LogP contribution in [0.5, 0.6) is 0 Å². The second-order valence-electron chi connectivity index (χ2n) is 8.81. The molecule has 1 aromatic heterocycles. The van der Waals surface area contributed by atoms with Gasteiger partial charge in [0.05, 0.1) is 17.6 Å². The van der Waals surface area contributed by atoms with E-state index in [0.717, 1.165) is 17.7 Å². The monoisotopic (exact) mass is 469 g/mol. The summed E-state index contributed by atoms with van der Waals surface area (Å²) in [4.78, 5) is 32.3. The van der Waals surface area contributed by atoms with E-state index in [1.807, 2.05) is 31.2 Å². The summed E-state index contributed by atoms with van der Waals surface area (Å²) in [6, 6.07) is 11.3. The van der Waals surface area contributed by atoms with Gasteiger partial charge in [-0.1, -0.05) is 42.0 Å². The summed E-state index contributed by atoms with van der Waals surface area (Å²) in [6.07, 6.45) is -0.144. The SMILES string of the molecule is Cc1ccc(C(=O)C2CCN(C(=O)C(c3ccc(C(F)(F)F)cc3)n3cnc(C)c3)CC2)cc1. The van der Waals surface area contributed by atoms with Crippen LogP contribution in [-0.4, -0.2) is 39.2 Å². The van der Waals surface area contributed by atoms with Crippen LogP contribution in [-0.2, 0) is 11.0 Å². The Labute approximate surface area is 196 Å². The third-order valence-electron chi connectivity index (χ3n) is 6.33. The van der Waals surface area contributed by atoms with Crippen molar-refractivity contribution in [1.82, 2.24) is 14.5 Å². The van der Waals surface area contributed by atoms with Crippen LogP contribution in [0, 0.1) is 19.8 Å². The molecular weight excluding hydrogens is 443 g/mol. The second kappa shape index (κ2) is 9.44. The van der Waals surface area contributed by atoms with E-state index in [4.69, 9.17) is 0 Å². The number of hydrogen-bond acceptors (Lipinski definition) is 3. The summed E-state index contributed by atoms with van der Waals surface area (Å²) in [5.41, 5.74) is 2.15. The molecule has 4 rings (SSSR count). The lowest BCUT2D eigenvalue weighted by Gasteiger charge is -2.34. The topological polar surface area (TPSA) is 55.2 Å². The molecule has 178 valence electrons. The van der Waals surface area contributed by atoms with Crippen molar-refractivity contribution in [3.8, 4) is 0 Å². The number of benzene rings is 2. The molecular formula is C26H26F3N3O2. The van der Waals surface area contributed by atoms with Crippen molar-refractivity contribution < 1.29 is 22.8 Å². The van der Waals surface area contributed by atoms with E-state index < -0.39 is 17.8 Å². The van der Waals surface area contributed by atoms with E-state index in [1.165, 1.54) is 18.5 Å². The Bertz CT molecular complexity index is 1160. The van der Waals surface area contributed by atoms with Crippen LogP contribution >= 0.6 is 0 Å². The number of aromatic nitrogens is 2. The van der Waals surface area contributed by atoms with E-state index in [9.17, 15) is 22.8 Å². The van der Waals surface area contributed by atoms with Gasteiger partial charge in [0.1, 0.15) is 6.04 Å². The number of carbonyl (C=O) groups is 2. The van der Waals surface area contributed by atoms with Crippen LogP contribution in [0.2, 0.25) is 0 Å². The number of aryl methyl sites for hydroxylation is 2. The molecule has 1 saturated heterocycles. The molecule has 0 aliphatic carbocycles. The van der Waals surface area contributed by atoms with Crippen LogP contribution in [0.15, 0.2) is 61.1 Å². The smallest absolute Gasteiger partial charge is 0.341 e. The average Bonchev–Trinajstić information content (AvgIpc) is 3.24. The maximum atomic E-state index is 13.5. The van der Waals surface area contributed by atoms with Gasteiger partial charge in [-0.3, -0.25) is 9.59 Å². The molecule has 2 aromatic carbocycles. The molecule has 1 aliphatic heterocycles. The molecule has 0 N–H and O–H groups in total. The molecule has 34 heavy (non-hydrogen) atoms. The summed E-state index contributed by atoms with van der Waals surface area (Å²) >= 11 is 0. The van der Waals surface area contributed by atoms with Crippen LogP contribution in [0.25, 0.3) is 0 Å². The molecule has 5 nitrogen and oxygen atoms in total. The zero-order valence-electron chi connectivity index (χ0n) is 19.0. The molecule has 1 unspecified atom stereocenters. The first-order valence-corrected chi connectivity index (χ1v) is 11.2. The van der Waals surface area contributed by atoms with E-state index in [0.29, 0.717) is 42.8 Å². The van der Waals surface area contributed by atoms with Gasteiger partial charge in [0.2, 0.25) is 5.91 Å². The highest BCUT2D eigenvalue weighted by atomic mass is 19.4. The number of piperidine rings is 1. The summed E-state index contributed by atoms with van der Waals surface area (Å²) in [7, 11) is 0. The highest BCUT2D eigenvalue weighted by Crippen LogP contribution is 2.32. The van der Waals surface area contributed by atoms with Crippen molar-refractivity contribution >= 4 is 11.7 Å². The van der Waals surface area contributed by atoms with Crippen molar-refractivity contribution in [2.75, 3.05) is 13.1 Å². The van der Waals surface area contributed by atoms with Crippen LogP contribution in [0.4, 0.5) is 13.2 Å². The first kappa shape index (κ1) is 23.7. The molecule has 0 bridgehead atoms. The summed E-state index contributed by atoms with van der Waals surface area (Å²) < 4.78 is 40.7. The lowest BCUT2D eigenvalue weighted by molar-refractivity contribution is -0.137. The number of rotatable bonds is 5. The minimum absolute atomic E-state index is 0.0802. The number of nitrogens with zero attached hydrogens (tertiary/aromatic N) is 3. The molecule has 1 aliphatic rings. The van der Waals surface area contributed by atoms with E-state index >= 15 is 0 Å². The zero-order chi connectivity index (χ0) is 24.5. The van der Waals surface area contributed by atoms with Gasteiger partial charge in [-0.05, 0) is 44.4 Å². The van der Waals surface area contributed by atoms with Gasteiger partial charge in [-0.25, -0.2) is 4.98 Å². The van der Waals surface area contributed by atoms with Gasteiger partial charge in [0, 0.05) is 30.8 Å². The number of alkyl halides is 3. The number of Topliss-reactive ketones (excluding diaryl/α,β-unsaturated/α-hetero) is 1. The van der Waals surface area contributed by atoms with Gasteiger partial charge >= 0.3 is 6.18 Å². The van der Waals surface area contributed by atoms with Gasteiger partial charge < -0.3 is 9.47 Å². The van der Waals surface area contributed by atoms with Crippen molar-refractivity contribution in [3.63, 3.8) is 0 Å². The Morgan fingerprint density at radius 2 is 1.59 bits per heavy atom. The fraction of sp³-hybridized carbons (Fsp3) is 0.346. The quantitative estimate of drug-likeness (QED) is 0.481. The molecule has 1 fully saturated rings. The molecule has 0 radical (unpaired) electrons. The Hall–Kier alpha value is -3.42. The Morgan fingerprint density at radius 1 is 0.971 bits per heavy atom. The lowest BCUT2D eigenvalue weighted by atomic mass is 9.88. The molecule has 2 heterocycles. The van der Waals surface area contributed by atoms with Gasteiger partial charge in [-0.2, -0.15) is 13.2 Å². The predicted octanol–water partition coefficient (Wildman–Crippen LogP) is 5.23. The number of ketones is 1. The molecule has 1 atom stereocenters. The van der Waals surface area contributed by atoms with Gasteiger partial charge in [0.25, 0.3) is 0 Å². The zero-order valence-corrected chi connectivity index (χ0v) is 19.0. The number of hydrogen-bond donors (Lipinski definition) is 0. The molecule has 8 heteroatoms. The molecule has 1 amide bonds. The van der Waals surface area contributed by atoms with Gasteiger partial charge in [0.15, 0.2) is 5.78 Å². The van der Waals surface area contributed by atoms with E-state index in [2.05, 4.69) is 4.98 Å². The summed E-state index contributed by atoms with van der Waals surface area (Å²) in [5, 5.41) is 0. The van der Waals surface area contributed by atoms with Crippen molar-refractivity contribution in [3.05, 3.63) is 89.0 Å². The van der Waals surface area contributed by atoms with Crippen LogP contribution in [0.1, 0.15) is 51.6 Å². The molecule has 0 spiro atoms. The first-order valence-electron chi connectivity index (χ1n) is 11.2. The highest BCUT2D eigenvalue weighted by Gasteiger charge is 2.34. The number of amides is 1. The minimum atomic E-state index is -4.45. The fourth-order valence-electron chi connectivity index (χ4n) is 4.37. The summed E-state index contributed by atoms with van der Waals surface area (Å²) in [5.74, 6) is -0.304. The third kappa shape index (κ3) is 5.05. The largest absolute Gasteiger partial charge is 0.416 e. The lowest BCUT2D eigenvalue weighted by Crippen LogP contribution is -2.43. The Morgan fingerprint density at radius 3 is 2.12 bits per heavy atom. The third-order valence-corrected chi connectivity index (χ3v) is 6.33.